The molecule has 0 aliphatic carbocycles. The molecule has 0 saturated heterocycles. The highest BCUT2D eigenvalue weighted by atomic mass is 16.1. The summed E-state index contributed by atoms with van der Waals surface area (Å²) in [5, 5.41) is 7.83. The van der Waals surface area contributed by atoms with Crippen molar-refractivity contribution in [1.82, 2.24) is 34.0 Å². The van der Waals surface area contributed by atoms with E-state index >= 15 is 0 Å². The van der Waals surface area contributed by atoms with Crippen molar-refractivity contribution in [3.63, 3.8) is 0 Å². The van der Waals surface area contributed by atoms with Crippen LogP contribution in [-0.2, 0) is 7.05 Å². The van der Waals surface area contributed by atoms with Gasteiger partial charge in [0.15, 0.2) is 5.65 Å². The summed E-state index contributed by atoms with van der Waals surface area (Å²) in [7, 11) is 5.91. The molecule has 0 aliphatic heterocycles. The van der Waals surface area contributed by atoms with E-state index in [0.29, 0.717) is 11.5 Å². The molecule has 0 aliphatic rings. The maximum Gasteiger partial charge on any atom is 0.275 e. The Hall–Kier alpha value is -3.33. The van der Waals surface area contributed by atoms with Crippen LogP contribution in [0, 0.1) is 0 Å². The van der Waals surface area contributed by atoms with Gasteiger partial charge < -0.3 is 14.6 Å². The number of nitrogens with zero attached hydrogens (tertiary/aromatic N) is 7. The van der Waals surface area contributed by atoms with Crippen molar-refractivity contribution in [3.8, 4) is 0 Å². The first-order valence-electron chi connectivity index (χ1n) is 9.06. The smallest absolute Gasteiger partial charge is 0.275 e. The first-order valence-corrected chi connectivity index (χ1v) is 9.06. The first-order chi connectivity index (χ1) is 13.5. The molecule has 0 spiro atoms. The van der Waals surface area contributed by atoms with Crippen LogP contribution in [0.25, 0.3) is 16.6 Å². The van der Waals surface area contributed by atoms with E-state index in [1.54, 1.807) is 35.5 Å². The number of aromatic nitrogens is 6. The normalized spacial score (nSPS) is 12.8. The number of anilines is 1. The molecule has 0 saturated carbocycles. The monoisotopic (exact) mass is 378 g/mol. The van der Waals surface area contributed by atoms with Crippen molar-refractivity contribution >= 4 is 28.3 Å². The number of hydrogen-bond acceptors (Lipinski definition) is 6. The van der Waals surface area contributed by atoms with Gasteiger partial charge in [0.05, 0.1) is 42.0 Å². The highest BCUT2D eigenvalue weighted by Gasteiger charge is 2.16. The second-order valence-corrected chi connectivity index (χ2v) is 6.94. The van der Waals surface area contributed by atoms with E-state index in [4.69, 9.17) is 0 Å². The molecular formula is C19H22N8O. The molecule has 28 heavy (non-hydrogen) atoms. The molecule has 1 atom stereocenters. The zero-order chi connectivity index (χ0) is 19.8. The predicted molar refractivity (Wildman–Crippen MR) is 106 cm³/mol. The van der Waals surface area contributed by atoms with Crippen LogP contribution in [0.2, 0.25) is 0 Å². The van der Waals surface area contributed by atoms with E-state index in [1.165, 1.54) is 0 Å². The summed E-state index contributed by atoms with van der Waals surface area (Å²) in [6, 6.07) is 1.95. The molecule has 4 heterocycles. The summed E-state index contributed by atoms with van der Waals surface area (Å²) in [5.74, 6) is 0.116. The number of hydrogen-bond donors (Lipinski definition) is 1. The summed E-state index contributed by atoms with van der Waals surface area (Å²) in [5.41, 5.74) is 2.89. The third kappa shape index (κ3) is 3.20. The second kappa shape index (κ2) is 7.01. The number of carbonyl (C=O) groups is 1. The van der Waals surface area contributed by atoms with Crippen LogP contribution in [0.4, 0.5) is 5.82 Å². The maximum absolute atomic E-state index is 12.6. The van der Waals surface area contributed by atoms with Crippen LogP contribution in [0.5, 0.6) is 0 Å². The highest BCUT2D eigenvalue weighted by Crippen LogP contribution is 2.21. The van der Waals surface area contributed by atoms with Gasteiger partial charge >= 0.3 is 0 Å². The van der Waals surface area contributed by atoms with Crippen LogP contribution in [0.15, 0.2) is 37.1 Å². The Balaban J connectivity index is 1.58. The number of rotatable bonds is 5. The summed E-state index contributed by atoms with van der Waals surface area (Å²) >= 11 is 0. The van der Waals surface area contributed by atoms with Crippen LogP contribution < -0.4 is 5.32 Å². The van der Waals surface area contributed by atoms with Crippen LogP contribution in [0.1, 0.15) is 35.6 Å². The molecule has 0 fully saturated rings. The summed E-state index contributed by atoms with van der Waals surface area (Å²) in [4.78, 5) is 27.9. The van der Waals surface area contributed by atoms with E-state index in [1.807, 2.05) is 31.7 Å². The average molecular weight is 378 g/mol. The summed E-state index contributed by atoms with van der Waals surface area (Å²) in [6.07, 6.45) is 9.69. The number of pyridine rings is 1. The fourth-order valence-corrected chi connectivity index (χ4v) is 3.34. The quantitative estimate of drug-likeness (QED) is 0.573. The summed E-state index contributed by atoms with van der Waals surface area (Å²) < 4.78 is 3.59. The Morgan fingerprint density at radius 1 is 1.21 bits per heavy atom. The third-order valence-corrected chi connectivity index (χ3v) is 4.82. The Morgan fingerprint density at radius 3 is 2.79 bits per heavy atom. The molecule has 9 heteroatoms. The topological polar surface area (TPSA) is 93.2 Å². The molecule has 0 radical (unpaired) electrons. The van der Waals surface area contributed by atoms with Crippen molar-refractivity contribution < 1.29 is 4.79 Å². The van der Waals surface area contributed by atoms with Gasteiger partial charge in [0.25, 0.3) is 5.91 Å². The Morgan fingerprint density at radius 2 is 2.04 bits per heavy atom. The van der Waals surface area contributed by atoms with Gasteiger partial charge in [-0.15, -0.1) is 0 Å². The molecule has 4 aromatic heterocycles. The number of fused-ring (bicyclic) bond motifs is 2. The minimum atomic E-state index is -0.322. The average Bonchev–Trinajstić information content (AvgIpc) is 3.25. The van der Waals surface area contributed by atoms with E-state index in [0.717, 1.165) is 28.7 Å². The highest BCUT2D eigenvalue weighted by molar-refractivity contribution is 6.04. The van der Waals surface area contributed by atoms with Gasteiger partial charge in [0.2, 0.25) is 0 Å². The van der Waals surface area contributed by atoms with E-state index < -0.39 is 0 Å². The van der Waals surface area contributed by atoms with Gasteiger partial charge in [-0.2, -0.15) is 5.10 Å². The SMILES string of the molecule is CCC(c1cn2cc(NC(=O)c3cc4cnn(C)c4cn3)ncc2n1)N(C)C. The number of amides is 1. The summed E-state index contributed by atoms with van der Waals surface area (Å²) in [6.45, 7) is 2.13. The zero-order valence-corrected chi connectivity index (χ0v) is 16.3. The van der Waals surface area contributed by atoms with E-state index in [2.05, 4.69) is 37.2 Å². The van der Waals surface area contributed by atoms with Gasteiger partial charge in [-0.1, -0.05) is 6.92 Å². The molecule has 0 aromatic carbocycles. The minimum absolute atomic E-state index is 0.230. The van der Waals surface area contributed by atoms with E-state index in [-0.39, 0.29) is 11.9 Å². The molecule has 144 valence electrons. The van der Waals surface area contributed by atoms with Gasteiger partial charge in [-0.3, -0.25) is 9.48 Å². The maximum atomic E-state index is 12.6. The zero-order valence-electron chi connectivity index (χ0n) is 16.3. The number of carbonyl (C=O) groups excluding carboxylic acids is 1. The van der Waals surface area contributed by atoms with Crippen molar-refractivity contribution in [2.75, 3.05) is 19.4 Å². The predicted octanol–water partition coefficient (Wildman–Crippen LogP) is 2.28. The first kappa shape index (κ1) is 18.1. The Bertz CT molecular complexity index is 1160. The lowest BCUT2D eigenvalue weighted by Crippen LogP contribution is -2.19. The lowest BCUT2D eigenvalue weighted by atomic mass is 10.1. The van der Waals surface area contributed by atoms with Crippen molar-refractivity contribution in [2.45, 2.75) is 19.4 Å². The molecule has 4 aromatic rings. The fraction of sp³-hybridized carbons (Fsp3) is 0.316. The molecule has 1 N–H and O–H groups in total. The van der Waals surface area contributed by atoms with Crippen LogP contribution in [-0.4, -0.2) is 54.0 Å². The van der Waals surface area contributed by atoms with Crippen molar-refractivity contribution in [2.24, 2.45) is 7.05 Å². The molecule has 4 rings (SSSR count). The number of aryl methyl sites for hydroxylation is 1. The minimum Gasteiger partial charge on any atom is -0.304 e. The standard InChI is InChI=1S/C19H22N8O/c1-5-15(25(2)3)14-10-27-11-17(21-9-18(27)23-14)24-19(28)13-6-12-7-22-26(4)16(12)8-20-13/h6-11,15H,5H2,1-4H3,(H,24,28). The molecule has 0 bridgehead atoms. The van der Waals surface area contributed by atoms with Gasteiger partial charge in [-0.25, -0.2) is 15.0 Å². The lowest BCUT2D eigenvalue weighted by molar-refractivity contribution is 0.102. The molecule has 1 unspecified atom stereocenters. The lowest BCUT2D eigenvalue weighted by Gasteiger charge is -2.20. The Labute approximate surface area is 162 Å². The number of nitrogens with one attached hydrogen (secondary N) is 1. The van der Waals surface area contributed by atoms with Crippen LogP contribution >= 0.6 is 0 Å². The Kier molecular flexibility index (Phi) is 4.52. The number of imidazole rings is 1. The fourth-order valence-electron chi connectivity index (χ4n) is 3.34. The van der Waals surface area contributed by atoms with E-state index in [9.17, 15) is 4.79 Å². The third-order valence-electron chi connectivity index (χ3n) is 4.82. The molecule has 1 amide bonds. The van der Waals surface area contributed by atoms with Gasteiger partial charge in [0.1, 0.15) is 11.5 Å². The van der Waals surface area contributed by atoms with Crippen molar-refractivity contribution in [3.05, 3.63) is 48.4 Å². The van der Waals surface area contributed by atoms with Gasteiger partial charge in [-0.05, 0) is 26.6 Å². The molecular weight excluding hydrogens is 356 g/mol. The second-order valence-electron chi connectivity index (χ2n) is 6.94. The largest absolute Gasteiger partial charge is 0.304 e. The molecule has 9 nitrogen and oxygen atoms in total. The van der Waals surface area contributed by atoms with Crippen molar-refractivity contribution in [1.29, 1.82) is 0 Å². The van der Waals surface area contributed by atoms with Gasteiger partial charge in [0, 0.05) is 18.6 Å². The van der Waals surface area contributed by atoms with Crippen LogP contribution in [0.3, 0.4) is 0 Å².